The molecule has 1 aromatic carbocycles. The first-order chi connectivity index (χ1) is 11.5. The fraction of sp³-hybridized carbons (Fsp3) is 0.650. The quantitative estimate of drug-likeness (QED) is 0.666. The summed E-state index contributed by atoms with van der Waals surface area (Å²) in [5.74, 6) is -0.490. The second-order valence-corrected chi connectivity index (χ2v) is 7.77. The van der Waals surface area contributed by atoms with Crippen LogP contribution in [0.1, 0.15) is 44.6 Å². The fourth-order valence-electron chi connectivity index (χ4n) is 4.31. The number of nitrogens with zero attached hydrogens (tertiary/aromatic N) is 1. The minimum atomic E-state index is -1.50. The maximum atomic E-state index is 13.0. The lowest BCUT2D eigenvalue weighted by molar-refractivity contribution is -0.897. The van der Waals surface area contributed by atoms with Crippen molar-refractivity contribution in [3.05, 3.63) is 35.9 Å². The number of rotatable bonds is 5. The molecule has 4 nitrogen and oxygen atoms in total. The van der Waals surface area contributed by atoms with Crippen LogP contribution in [0.2, 0.25) is 0 Å². The van der Waals surface area contributed by atoms with E-state index in [0.29, 0.717) is 5.56 Å². The Kier molecular flexibility index (Phi) is 4.97. The van der Waals surface area contributed by atoms with Crippen LogP contribution < -0.4 is 0 Å². The number of esters is 1. The summed E-state index contributed by atoms with van der Waals surface area (Å²) in [6, 6.07) is 9.36. The molecular weight excluding hydrogens is 302 g/mol. The van der Waals surface area contributed by atoms with Gasteiger partial charge in [-0.15, -0.1) is 0 Å². The van der Waals surface area contributed by atoms with Crippen LogP contribution in [0.4, 0.5) is 0 Å². The topological polar surface area (TPSA) is 46.5 Å². The molecule has 1 saturated carbocycles. The average Bonchev–Trinajstić information content (AvgIpc) is 3.26. The van der Waals surface area contributed by atoms with Gasteiger partial charge in [0.15, 0.2) is 11.7 Å². The molecule has 4 heteroatoms. The number of carbonyl (C=O) groups excluding carboxylic acids is 1. The van der Waals surface area contributed by atoms with Crippen molar-refractivity contribution in [3.63, 3.8) is 0 Å². The lowest BCUT2D eigenvalue weighted by Gasteiger charge is -2.33. The predicted molar refractivity (Wildman–Crippen MR) is 93.3 cm³/mol. The summed E-state index contributed by atoms with van der Waals surface area (Å²) in [4.78, 5) is 13.0. The summed E-state index contributed by atoms with van der Waals surface area (Å²) < 4.78 is 6.77. The summed E-state index contributed by atoms with van der Waals surface area (Å²) in [5.41, 5.74) is -0.830. The van der Waals surface area contributed by atoms with E-state index in [1.807, 2.05) is 30.3 Å². The average molecular weight is 332 g/mol. The molecule has 1 aliphatic heterocycles. The zero-order chi connectivity index (χ0) is 17.2. The van der Waals surface area contributed by atoms with Gasteiger partial charge in [0.05, 0.1) is 20.1 Å². The maximum absolute atomic E-state index is 13.0. The standard InChI is InChI=1S/C20H30NO3/c1-3-21(2)14-13-18(15-21)24-19(22)20(23,17-11-7-8-12-17)16-9-5-4-6-10-16/h4-6,9-10,17-18,23H,3,7-8,11-15H2,1-2H3/q+1/t18?,20-,21?/m1/s1. The van der Waals surface area contributed by atoms with E-state index >= 15 is 0 Å². The smallest absolute Gasteiger partial charge is 0.343 e. The molecule has 0 radical (unpaired) electrons. The Balaban J connectivity index is 1.80. The van der Waals surface area contributed by atoms with E-state index in [-0.39, 0.29) is 12.0 Å². The van der Waals surface area contributed by atoms with Crippen molar-refractivity contribution in [2.45, 2.75) is 50.7 Å². The molecular formula is C20H30NO3+. The van der Waals surface area contributed by atoms with Crippen molar-refractivity contribution in [2.75, 3.05) is 26.7 Å². The van der Waals surface area contributed by atoms with Crippen LogP contribution >= 0.6 is 0 Å². The molecule has 0 spiro atoms. The molecule has 1 aliphatic carbocycles. The van der Waals surface area contributed by atoms with Gasteiger partial charge in [-0.25, -0.2) is 4.79 Å². The van der Waals surface area contributed by atoms with Gasteiger partial charge >= 0.3 is 5.97 Å². The minimum Gasteiger partial charge on any atom is -0.454 e. The van der Waals surface area contributed by atoms with Gasteiger partial charge in [-0.05, 0) is 25.3 Å². The largest absolute Gasteiger partial charge is 0.454 e. The molecule has 1 heterocycles. The van der Waals surface area contributed by atoms with Gasteiger partial charge in [0, 0.05) is 12.3 Å². The van der Waals surface area contributed by atoms with E-state index < -0.39 is 11.6 Å². The van der Waals surface area contributed by atoms with Gasteiger partial charge < -0.3 is 14.3 Å². The highest BCUT2D eigenvalue weighted by Gasteiger charge is 2.49. The number of benzene rings is 1. The summed E-state index contributed by atoms with van der Waals surface area (Å²) in [7, 11) is 2.20. The second kappa shape index (κ2) is 6.85. The van der Waals surface area contributed by atoms with E-state index in [1.165, 1.54) is 0 Å². The Morgan fingerprint density at radius 3 is 2.50 bits per heavy atom. The maximum Gasteiger partial charge on any atom is 0.343 e. The SMILES string of the molecule is CC[N+]1(C)CCC(OC(=O)[C@@](O)(c2ccccc2)C2CCCC2)C1. The zero-order valence-corrected chi connectivity index (χ0v) is 14.9. The van der Waals surface area contributed by atoms with Crippen LogP contribution in [0.25, 0.3) is 0 Å². The molecule has 0 amide bonds. The van der Waals surface area contributed by atoms with Crippen LogP contribution in [-0.2, 0) is 15.1 Å². The van der Waals surface area contributed by atoms with Crippen LogP contribution in [-0.4, -0.2) is 48.3 Å². The van der Waals surface area contributed by atoms with E-state index in [0.717, 1.165) is 56.2 Å². The Morgan fingerprint density at radius 2 is 1.92 bits per heavy atom. The molecule has 1 saturated heterocycles. The zero-order valence-electron chi connectivity index (χ0n) is 14.9. The first kappa shape index (κ1) is 17.4. The number of aliphatic hydroxyl groups is 1. The Labute approximate surface area is 145 Å². The number of carbonyl (C=O) groups is 1. The summed E-state index contributed by atoms with van der Waals surface area (Å²) in [6.07, 6.45) is 4.70. The number of hydrogen-bond donors (Lipinski definition) is 1. The van der Waals surface area contributed by atoms with E-state index in [9.17, 15) is 9.90 Å². The third kappa shape index (κ3) is 3.22. The molecule has 2 fully saturated rings. The minimum absolute atomic E-state index is 0.0409. The van der Waals surface area contributed by atoms with Crippen molar-refractivity contribution >= 4 is 5.97 Å². The normalized spacial score (nSPS) is 30.2. The van der Waals surface area contributed by atoms with E-state index in [2.05, 4.69) is 14.0 Å². The van der Waals surface area contributed by atoms with Crippen molar-refractivity contribution in [3.8, 4) is 0 Å². The Morgan fingerprint density at radius 1 is 1.25 bits per heavy atom. The number of ether oxygens (including phenoxy) is 1. The molecule has 2 unspecified atom stereocenters. The van der Waals surface area contributed by atoms with Crippen molar-refractivity contribution < 1.29 is 19.1 Å². The second-order valence-electron chi connectivity index (χ2n) is 7.77. The highest BCUT2D eigenvalue weighted by atomic mass is 16.6. The van der Waals surface area contributed by atoms with Gasteiger partial charge in [-0.2, -0.15) is 0 Å². The lowest BCUT2D eigenvalue weighted by Crippen LogP contribution is -2.46. The first-order valence-corrected chi connectivity index (χ1v) is 9.30. The lowest BCUT2D eigenvalue weighted by atomic mass is 9.80. The van der Waals surface area contributed by atoms with Crippen LogP contribution in [0.3, 0.4) is 0 Å². The third-order valence-corrected chi connectivity index (χ3v) is 6.14. The number of hydrogen-bond acceptors (Lipinski definition) is 3. The van der Waals surface area contributed by atoms with Gasteiger partial charge in [0.1, 0.15) is 6.54 Å². The Hall–Kier alpha value is -1.39. The molecule has 0 aromatic heterocycles. The fourth-order valence-corrected chi connectivity index (χ4v) is 4.31. The van der Waals surface area contributed by atoms with Gasteiger partial charge in [-0.1, -0.05) is 43.2 Å². The Bertz CT molecular complexity index is 570. The molecule has 1 aromatic rings. The van der Waals surface area contributed by atoms with Gasteiger partial charge in [-0.3, -0.25) is 0 Å². The molecule has 1 N–H and O–H groups in total. The molecule has 3 rings (SSSR count). The third-order valence-electron chi connectivity index (χ3n) is 6.14. The molecule has 24 heavy (non-hydrogen) atoms. The molecule has 3 atom stereocenters. The van der Waals surface area contributed by atoms with E-state index in [4.69, 9.17) is 4.74 Å². The summed E-state index contributed by atoms with van der Waals surface area (Å²) in [6.45, 7) is 5.09. The highest BCUT2D eigenvalue weighted by molar-refractivity contribution is 5.81. The van der Waals surface area contributed by atoms with Gasteiger partial charge in [0.25, 0.3) is 0 Å². The van der Waals surface area contributed by atoms with Crippen molar-refractivity contribution in [1.82, 2.24) is 0 Å². The molecule has 2 aliphatic rings. The number of likely N-dealkylation sites (N-methyl/N-ethyl adjacent to an activating group) is 1. The van der Waals surface area contributed by atoms with Crippen molar-refractivity contribution in [2.24, 2.45) is 5.92 Å². The van der Waals surface area contributed by atoms with Crippen LogP contribution in [0.5, 0.6) is 0 Å². The van der Waals surface area contributed by atoms with Crippen LogP contribution in [0, 0.1) is 5.92 Å². The molecule has 0 bridgehead atoms. The highest BCUT2D eigenvalue weighted by Crippen LogP contribution is 2.42. The summed E-state index contributed by atoms with van der Waals surface area (Å²) in [5, 5.41) is 11.4. The monoisotopic (exact) mass is 332 g/mol. The van der Waals surface area contributed by atoms with Gasteiger partial charge in [0.2, 0.25) is 0 Å². The summed E-state index contributed by atoms with van der Waals surface area (Å²) >= 11 is 0. The van der Waals surface area contributed by atoms with Crippen LogP contribution in [0.15, 0.2) is 30.3 Å². The first-order valence-electron chi connectivity index (χ1n) is 9.30. The predicted octanol–water partition coefficient (Wildman–Crippen LogP) is 2.85. The van der Waals surface area contributed by atoms with Crippen molar-refractivity contribution in [1.29, 1.82) is 0 Å². The van der Waals surface area contributed by atoms with E-state index in [1.54, 1.807) is 0 Å². The number of likely N-dealkylation sites (tertiary alicyclic amines) is 1. The number of quaternary nitrogens is 1. The molecule has 132 valence electrons.